The van der Waals surface area contributed by atoms with Gasteiger partial charge in [0, 0.05) is 31.4 Å². The normalized spacial score (nSPS) is 17.2. The molecule has 0 radical (unpaired) electrons. The lowest BCUT2D eigenvalue weighted by Crippen LogP contribution is -2.41. The minimum Gasteiger partial charge on any atom is -0.497 e. The molecule has 1 aliphatic rings. The molecule has 2 aromatic rings. The van der Waals surface area contributed by atoms with Crippen LogP contribution in [0.1, 0.15) is 38.3 Å². The van der Waals surface area contributed by atoms with Gasteiger partial charge in [-0.15, -0.1) is 0 Å². The number of ether oxygens (including phenoxy) is 1. The maximum Gasteiger partial charge on any atom is 0.315 e. The molecule has 1 heterocycles. The number of anilines is 1. The number of methoxy groups -OCH3 is 1. The first-order valence-electron chi connectivity index (χ1n) is 10.5. The molecule has 156 valence electrons. The van der Waals surface area contributed by atoms with Crippen LogP contribution in [0.5, 0.6) is 5.75 Å². The topological polar surface area (TPSA) is 53.6 Å². The number of nitrogens with one attached hydrogen (secondary N) is 2. The fraction of sp³-hybridized carbons (Fsp3) is 0.458. The largest absolute Gasteiger partial charge is 0.497 e. The van der Waals surface area contributed by atoms with E-state index in [1.165, 1.54) is 5.69 Å². The highest BCUT2D eigenvalue weighted by Gasteiger charge is 2.24. The number of benzene rings is 2. The Morgan fingerprint density at radius 2 is 1.97 bits per heavy atom. The van der Waals surface area contributed by atoms with E-state index in [4.69, 9.17) is 4.74 Å². The van der Waals surface area contributed by atoms with Crippen LogP contribution in [0, 0.1) is 11.8 Å². The van der Waals surface area contributed by atoms with Gasteiger partial charge in [-0.05, 0) is 42.4 Å². The zero-order valence-corrected chi connectivity index (χ0v) is 17.7. The predicted octanol–water partition coefficient (Wildman–Crippen LogP) is 4.61. The van der Waals surface area contributed by atoms with Crippen molar-refractivity contribution in [2.45, 2.75) is 32.7 Å². The van der Waals surface area contributed by atoms with Gasteiger partial charge in [-0.1, -0.05) is 50.2 Å². The fourth-order valence-electron chi connectivity index (χ4n) is 3.92. The van der Waals surface area contributed by atoms with Crippen LogP contribution < -0.4 is 20.3 Å². The van der Waals surface area contributed by atoms with Crippen LogP contribution in [0.15, 0.2) is 54.6 Å². The highest BCUT2D eigenvalue weighted by molar-refractivity contribution is 5.74. The average Bonchev–Trinajstić information content (AvgIpc) is 3.21. The van der Waals surface area contributed by atoms with Crippen molar-refractivity contribution in [1.29, 1.82) is 0 Å². The smallest absolute Gasteiger partial charge is 0.315 e. The van der Waals surface area contributed by atoms with Gasteiger partial charge in [0.2, 0.25) is 0 Å². The van der Waals surface area contributed by atoms with E-state index in [9.17, 15) is 4.79 Å². The highest BCUT2D eigenvalue weighted by atomic mass is 16.5. The molecule has 1 saturated heterocycles. The summed E-state index contributed by atoms with van der Waals surface area (Å²) in [5.74, 6) is 1.83. The lowest BCUT2D eigenvalue weighted by molar-refractivity contribution is 0.233. The van der Waals surface area contributed by atoms with Crippen molar-refractivity contribution in [3.8, 4) is 5.75 Å². The van der Waals surface area contributed by atoms with Crippen molar-refractivity contribution in [2.75, 3.05) is 31.6 Å². The van der Waals surface area contributed by atoms with E-state index >= 15 is 0 Å². The minimum atomic E-state index is -0.0840. The van der Waals surface area contributed by atoms with Gasteiger partial charge in [0.15, 0.2) is 0 Å². The quantitative estimate of drug-likeness (QED) is 0.686. The van der Waals surface area contributed by atoms with Gasteiger partial charge >= 0.3 is 6.03 Å². The Morgan fingerprint density at radius 3 is 2.69 bits per heavy atom. The number of nitrogens with zero attached hydrogens (tertiary/aromatic N) is 1. The number of amides is 2. The molecule has 29 heavy (non-hydrogen) atoms. The molecule has 5 nitrogen and oxygen atoms in total. The lowest BCUT2D eigenvalue weighted by Gasteiger charge is -2.22. The molecule has 2 unspecified atom stereocenters. The molecular formula is C24H33N3O2. The molecule has 1 fully saturated rings. The van der Waals surface area contributed by atoms with Crippen molar-refractivity contribution in [3.63, 3.8) is 0 Å². The molecule has 0 spiro atoms. The summed E-state index contributed by atoms with van der Waals surface area (Å²) in [6.45, 7) is 7.00. The summed E-state index contributed by atoms with van der Waals surface area (Å²) < 4.78 is 5.33. The Kier molecular flexibility index (Phi) is 7.39. The number of carbonyl (C=O) groups excluding carboxylic acids is 1. The molecule has 5 heteroatoms. The second-order valence-corrected chi connectivity index (χ2v) is 8.25. The van der Waals surface area contributed by atoms with Crippen LogP contribution in [0.4, 0.5) is 10.5 Å². The van der Waals surface area contributed by atoms with E-state index in [0.717, 1.165) is 37.2 Å². The van der Waals surface area contributed by atoms with Crippen molar-refractivity contribution >= 4 is 11.7 Å². The van der Waals surface area contributed by atoms with Crippen LogP contribution >= 0.6 is 0 Å². The summed E-state index contributed by atoms with van der Waals surface area (Å²) >= 11 is 0. The first-order valence-corrected chi connectivity index (χ1v) is 10.5. The lowest BCUT2D eigenvalue weighted by atomic mass is 9.97. The summed E-state index contributed by atoms with van der Waals surface area (Å²) in [4.78, 5) is 14.9. The van der Waals surface area contributed by atoms with Crippen LogP contribution in [0.3, 0.4) is 0 Å². The average molecular weight is 396 g/mol. The maximum atomic E-state index is 12.5. The van der Waals surface area contributed by atoms with Gasteiger partial charge < -0.3 is 20.3 Å². The maximum absolute atomic E-state index is 12.5. The van der Waals surface area contributed by atoms with Gasteiger partial charge in [0.1, 0.15) is 5.75 Å². The standard InChI is InChI=1S/C24H33N3O2/c1-18(2)14-23(20-8-5-4-6-9-20)26-24(28)25-16-19-12-13-27(17-19)21-10-7-11-22(15-21)29-3/h4-11,15,18-19,23H,12-14,16-17H2,1-3H3,(H2,25,26,28). The Bertz CT molecular complexity index is 779. The summed E-state index contributed by atoms with van der Waals surface area (Å²) in [5.41, 5.74) is 2.33. The number of hydrogen-bond acceptors (Lipinski definition) is 3. The zero-order chi connectivity index (χ0) is 20.6. The van der Waals surface area contributed by atoms with Gasteiger partial charge in [-0.25, -0.2) is 4.79 Å². The number of rotatable bonds is 8. The zero-order valence-electron chi connectivity index (χ0n) is 17.7. The predicted molar refractivity (Wildman–Crippen MR) is 118 cm³/mol. The first kappa shape index (κ1) is 21.0. The summed E-state index contributed by atoms with van der Waals surface area (Å²) in [6.07, 6.45) is 2.00. The third-order valence-corrected chi connectivity index (χ3v) is 5.47. The van der Waals surface area contributed by atoms with Crippen molar-refractivity contribution in [2.24, 2.45) is 11.8 Å². The second kappa shape index (κ2) is 10.2. The van der Waals surface area contributed by atoms with Gasteiger partial charge in [0.05, 0.1) is 13.2 Å². The summed E-state index contributed by atoms with van der Waals surface area (Å²) in [6, 6.07) is 18.3. The van der Waals surface area contributed by atoms with E-state index in [1.54, 1.807) is 7.11 Å². The molecule has 0 saturated carbocycles. The SMILES string of the molecule is COc1cccc(N2CCC(CNC(=O)NC(CC(C)C)c3ccccc3)C2)c1. The third-order valence-electron chi connectivity index (χ3n) is 5.47. The van der Waals surface area contributed by atoms with Gasteiger partial charge in [0.25, 0.3) is 0 Å². The van der Waals surface area contributed by atoms with E-state index in [2.05, 4.69) is 53.6 Å². The number of hydrogen-bond donors (Lipinski definition) is 2. The van der Waals surface area contributed by atoms with Crippen LogP contribution in [-0.2, 0) is 0 Å². The highest BCUT2D eigenvalue weighted by Crippen LogP contribution is 2.26. The molecule has 2 N–H and O–H groups in total. The van der Waals surface area contributed by atoms with E-state index in [-0.39, 0.29) is 12.1 Å². The van der Waals surface area contributed by atoms with Crippen LogP contribution in [0.25, 0.3) is 0 Å². The first-order chi connectivity index (χ1) is 14.0. The van der Waals surface area contributed by atoms with Crippen LogP contribution in [-0.4, -0.2) is 32.8 Å². The Balaban J connectivity index is 1.49. The summed E-state index contributed by atoms with van der Waals surface area (Å²) in [5, 5.41) is 6.26. The molecule has 2 aromatic carbocycles. The Morgan fingerprint density at radius 1 is 1.17 bits per heavy atom. The number of carbonyl (C=O) groups is 1. The monoisotopic (exact) mass is 395 g/mol. The Hall–Kier alpha value is -2.69. The molecule has 2 atom stereocenters. The van der Waals surface area contributed by atoms with Gasteiger partial charge in [-0.2, -0.15) is 0 Å². The second-order valence-electron chi connectivity index (χ2n) is 8.25. The van der Waals surface area contributed by atoms with Crippen molar-refractivity contribution < 1.29 is 9.53 Å². The summed E-state index contributed by atoms with van der Waals surface area (Å²) in [7, 11) is 1.69. The van der Waals surface area contributed by atoms with E-state index < -0.39 is 0 Å². The van der Waals surface area contributed by atoms with Crippen molar-refractivity contribution in [3.05, 3.63) is 60.2 Å². The van der Waals surface area contributed by atoms with E-state index in [1.807, 2.05) is 30.3 Å². The Labute approximate surface area is 174 Å². The third kappa shape index (κ3) is 6.14. The molecule has 3 rings (SSSR count). The van der Waals surface area contributed by atoms with Gasteiger partial charge in [-0.3, -0.25) is 0 Å². The minimum absolute atomic E-state index is 0.0352. The van der Waals surface area contributed by atoms with Crippen molar-refractivity contribution in [1.82, 2.24) is 10.6 Å². The fourth-order valence-corrected chi connectivity index (χ4v) is 3.92. The molecule has 1 aliphatic heterocycles. The molecule has 2 amide bonds. The van der Waals surface area contributed by atoms with Crippen LogP contribution in [0.2, 0.25) is 0 Å². The molecule has 0 bridgehead atoms. The van der Waals surface area contributed by atoms with E-state index in [0.29, 0.717) is 18.4 Å². The molecule has 0 aliphatic carbocycles. The molecular weight excluding hydrogens is 362 g/mol. The molecule has 0 aromatic heterocycles. The number of urea groups is 1.